The predicted octanol–water partition coefficient (Wildman–Crippen LogP) is 3.55. The average molecular weight is 439 g/mol. The molecule has 1 saturated heterocycles. The molecular weight excluding hydrogens is 412 g/mol. The summed E-state index contributed by atoms with van der Waals surface area (Å²) >= 11 is 6.05. The summed E-state index contributed by atoms with van der Waals surface area (Å²) in [5.74, 6) is 2.49. The van der Waals surface area contributed by atoms with E-state index in [-0.39, 0.29) is 6.04 Å². The molecule has 0 saturated carbocycles. The Morgan fingerprint density at radius 1 is 1.06 bits per heavy atom. The lowest BCUT2D eigenvalue weighted by atomic mass is 10.1. The van der Waals surface area contributed by atoms with Crippen LogP contribution in [0.3, 0.4) is 0 Å². The smallest absolute Gasteiger partial charge is 0.258 e. The van der Waals surface area contributed by atoms with Gasteiger partial charge in [0.25, 0.3) is 5.78 Å². The van der Waals surface area contributed by atoms with Gasteiger partial charge in [-0.2, -0.15) is 4.98 Å². The monoisotopic (exact) mass is 438 g/mol. The number of rotatable bonds is 4. The quantitative estimate of drug-likeness (QED) is 0.485. The van der Waals surface area contributed by atoms with Crippen LogP contribution in [0.5, 0.6) is 0 Å². The third kappa shape index (κ3) is 3.43. The van der Waals surface area contributed by atoms with Crippen molar-refractivity contribution in [2.45, 2.75) is 52.9 Å². The van der Waals surface area contributed by atoms with Gasteiger partial charge in [-0.1, -0.05) is 23.7 Å². The van der Waals surface area contributed by atoms with Gasteiger partial charge in [-0.3, -0.25) is 4.90 Å². The van der Waals surface area contributed by atoms with Crippen LogP contribution in [0.25, 0.3) is 16.9 Å². The molecule has 2 atom stereocenters. The van der Waals surface area contributed by atoms with Crippen LogP contribution in [0, 0.1) is 6.92 Å². The van der Waals surface area contributed by atoms with Crippen LogP contribution in [0.1, 0.15) is 32.2 Å². The number of hydrogen-bond donors (Lipinski definition) is 0. The van der Waals surface area contributed by atoms with Gasteiger partial charge in [-0.25, -0.2) is 9.38 Å². The zero-order valence-electron chi connectivity index (χ0n) is 18.3. The first-order valence-corrected chi connectivity index (χ1v) is 11.2. The van der Waals surface area contributed by atoms with Gasteiger partial charge in [0.15, 0.2) is 11.5 Å². The van der Waals surface area contributed by atoms with Crippen molar-refractivity contribution in [2.75, 3.05) is 18.0 Å². The van der Waals surface area contributed by atoms with E-state index in [9.17, 15) is 0 Å². The van der Waals surface area contributed by atoms with E-state index in [1.165, 1.54) is 5.56 Å². The molecule has 4 aromatic rings. The fourth-order valence-corrected chi connectivity index (χ4v) is 4.79. The Morgan fingerprint density at radius 3 is 2.58 bits per heavy atom. The van der Waals surface area contributed by atoms with Crippen molar-refractivity contribution in [3.05, 3.63) is 47.0 Å². The van der Waals surface area contributed by atoms with Crippen molar-refractivity contribution in [2.24, 2.45) is 0 Å². The number of aryl methyl sites for hydroxylation is 2. The second kappa shape index (κ2) is 7.76. The lowest BCUT2D eigenvalue weighted by Crippen LogP contribution is -2.56. The van der Waals surface area contributed by atoms with E-state index in [2.05, 4.69) is 57.5 Å². The van der Waals surface area contributed by atoms with Gasteiger partial charge in [0.2, 0.25) is 0 Å². The molecule has 1 fully saturated rings. The largest absolute Gasteiger partial charge is 0.349 e. The van der Waals surface area contributed by atoms with Crippen molar-refractivity contribution in [3.63, 3.8) is 0 Å². The zero-order chi connectivity index (χ0) is 21.7. The molecule has 8 nitrogen and oxygen atoms in total. The maximum Gasteiger partial charge on any atom is 0.258 e. The summed E-state index contributed by atoms with van der Waals surface area (Å²) in [5.41, 5.74) is 3.20. The van der Waals surface area contributed by atoms with E-state index in [0.29, 0.717) is 11.8 Å². The zero-order valence-corrected chi connectivity index (χ0v) is 19.1. The van der Waals surface area contributed by atoms with E-state index in [1.807, 2.05) is 23.5 Å². The molecule has 0 amide bonds. The van der Waals surface area contributed by atoms with Crippen LogP contribution in [-0.4, -0.2) is 59.2 Å². The Kier molecular flexibility index (Phi) is 5.06. The summed E-state index contributed by atoms with van der Waals surface area (Å²) in [6.07, 6.45) is 1.72. The molecule has 0 N–H and O–H groups in total. The van der Waals surface area contributed by atoms with E-state index >= 15 is 0 Å². The third-order valence-electron chi connectivity index (χ3n) is 6.31. The van der Waals surface area contributed by atoms with Crippen LogP contribution in [0.2, 0.25) is 5.02 Å². The standard InChI is InChI=1S/C22H27ClN8/c1-5-29-16(4)25-19-20(26-22-27-24-13-31(22)21(19)29)30-11-14(2)28(10-15(30)3)12-17-6-8-18(23)9-7-17/h6-9,13-15H,5,10-12H2,1-4H3/t14-,15+/m1/s1. The van der Waals surface area contributed by atoms with Crippen molar-refractivity contribution >= 4 is 34.4 Å². The minimum Gasteiger partial charge on any atom is -0.349 e. The Morgan fingerprint density at radius 2 is 1.84 bits per heavy atom. The first-order valence-electron chi connectivity index (χ1n) is 10.8. The number of aromatic nitrogens is 6. The first kappa shape index (κ1) is 20.2. The predicted molar refractivity (Wildman–Crippen MR) is 123 cm³/mol. The molecule has 0 unspecified atom stereocenters. The van der Waals surface area contributed by atoms with Gasteiger partial charge in [-0.15, -0.1) is 10.2 Å². The van der Waals surface area contributed by atoms with Crippen LogP contribution in [-0.2, 0) is 13.1 Å². The van der Waals surface area contributed by atoms with Gasteiger partial charge in [0.05, 0.1) is 0 Å². The lowest BCUT2D eigenvalue weighted by Gasteiger charge is -2.44. The summed E-state index contributed by atoms with van der Waals surface area (Å²) in [6, 6.07) is 8.79. The first-order chi connectivity index (χ1) is 15.0. The summed E-state index contributed by atoms with van der Waals surface area (Å²) < 4.78 is 4.13. The highest BCUT2D eigenvalue weighted by atomic mass is 35.5. The highest BCUT2D eigenvalue weighted by molar-refractivity contribution is 6.30. The van der Waals surface area contributed by atoms with Gasteiger partial charge >= 0.3 is 0 Å². The molecule has 4 heterocycles. The Balaban J connectivity index is 1.50. The molecule has 5 rings (SSSR count). The molecule has 162 valence electrons. The van der Waals surface area contributed by atoms with Crippen LogP contribution in [0.4, 0.5) is 5.82 Å². The van der Waals surface area contributed by atoms with Gasteiger partial charge < -0.3 is 9.47 Å². The molecule has 1 aliphatic rings. The van der Waals surface area contributed by atoms with Crippen LogP contribution < -0.4 is 4.90 Å². The molecule has 0 radical (unpaired) electrons. The SMILES string of the molecule is CCn1c(C)nc2c(N3C[C@@H](C)N(Cc4ccc(Cl)cc4)C[C@@H]3C)nc3nncn3c21. The van der Waals surface area contributed by atoms with E-state index < -0.39 is 0 Å². The van der Waals surface area contributed by atoms with Crippen LogP contribution >= 0.6 is 11.6 Å². The fraction of sp³-hybridized carbons (Fsp3) is 0.455. The lowest BCUT2D eigenvalue weighted by molar-refractivity contribution is 0.157. The number of piperazine rings is 1. The Labute approximate surface area is 186 Å². The fourth-order valence-electron chi connectivity index (χ4n) is 4.67. The Bertz CT molecular complexity index is 1230. The number of hydrogen-bond acceptors (Lipinski definition) is 6. The van der Waals surface area contributed by atoms with Gasteiger partial charge in [0.1, 0.15) is 17.7 Å². The summed E-state index contributed by atoms with van der Waals surface area (Å²) in [7, 11) is 0. The number of nitrogens with zero attached hydrogens (tertiary/aromatic N) is 8. The number of benzene rings is 1. The van der Waals surface area contributed by atoms with Crippen molar-refractivity contribution in [1.29, 1.82) is 0 Å². The van der Waals surface area contributed by atoms with Crippen LogP contribution in [0.15, 0.2) is 30.6 Å². The van der Waals surface area contributed by atoms with Gasteiger partial charge in [-0.05, 0) is 45.4 Å². The number of halogens is 1. The van der Waals surface area contributed by atoms with E-state index in [4.69, 9.17) is 21.6 Å². The topological polar surface area (TPSA) is 67.4 Å². The number of imidazole rings is 1. The molecule has 0 bridgehead atoms. The average Bonchev–Trinajstić information content (AvgIpc) is 3.34. The molecule has 0 aliphatic carbocycles. The maximum atomic E-state index is 6.05. The molecular formula is C22H27ClN8. The third-order valence-corrected chi connectivity index (χ3v) is 6.56. The molecule has 9 heteroatoms. The molecule has 0 spiro atoms. The van der Waals surface area contributed by atoms with E-state index in [0.717, 1.165) is 54.0 Å². The molecule has 3 aromatic heterocycles. The summed E-state index contributed by atoms with van der Waals surface area (Å²) in [5, 5.41) is 9.11. The molecule has 1 aromatic carbocycles. The second-order valence-electron chi connectivity index (χ2n) is 8.42. The highest BCUT2D eigenvalue weighted by Crippen LogP contribution is 2.30. The van der Waals surface area contributed by atoms with Crippen molar-refractivity contribution in [3.8, 4) is 0 Å². The molecule has 1 aliphatic heterocycles. The maximum absolute atomic E-state index is 6.05. The van der Waals surface area contributed by atoms with Crippen molar-refractivity contribution < 1.29 is 0 Å². The second-order valence-corrected chi connectivity index (χ2v) is 8.85. The number of anilines is 1. The minimum absolute atomic E-state index is 0.289. The van der Waals surface area contributed by atoms with Gasteiger partial charge in [0, 0.05) is 43.3 Å². The summed E-state index contributed by atoms with van der Waals surface area (Å²) in [4.78, 5) is 14.7. The normalized spacial score (nSPS) is 20.2. The number of fused-ring (bicyclic) bond motifs is 3. The highest BCUT2D eigenvalue weighted by Gasteiger charge is 2.32. The van der Waals surface area contributed by atoms with Crippen molar-refractivity contribution in [1.82, 2.24) is 34.0 Å². The molecule has 31 heavy (non-hydrogen) atoms. The Hall–Kier alpha value is -2.71. The minimum atomic E-state index is 0.289. The summed E-state index contributed by atoms with van der Waals surface area (Å²) in [6.45, 7) is 12.3. The van der Waals surface area contributed by atoms with E-state index in [1.54, 1.807) is 6.33 Å².